The molecule has 3 rings (SSSR count). The minimum atomic E-state index is -0.0659. The van der Waals surface area contributed by atoms with Gasteiger partial charge in [0.15, 0.2) is 5.78 Å². The zero-order chi connectivity index (χ0) is 13.4. The molecule has 2 aromatic heterocycles. The van der Waals surface area contributed by atoms with Crippen LogP contribution in [0, 0.1) is 0 Å². The molecule has 0 spiro atoms. The van der Waals surface area contributed by atoms with Gasteiger partial charge >= 0.3 is 0 Å². The Morgan fingerprint density at radius 3 is 2.84 bits per heavy atom. The van der Waals surface area contributed by atoms with E-state index in [1.807, 2.05) is 36.0 Å². The number of nitrogens with zero attached hydrogens (tertiary/aromatic N) is 1. The third kappa shape index (κ3) is 1.73. The topological polar surface area (TPSA) is 44.4 Å². The molecule has 3 aromatic rings. The molecule has 0 bridgehead atoms. The number of benzene rings is 1. The maximum atomic E-state index is 12.5. The summed E-state index contributed by atoms with van der Waals surface area (Å²) in [6, 6.07) is 7.39. The number of aryl methyl sites for hydroxylation is 1. The van der Waals surface area contributed by atoms with Gasteiger partial charge in [-0.1, -0.05) is 6.07 Å². The Hall–Kier alpha value is -2.49. The molecule has 0 aliphatic rings. The van der Waals surface area contributed by atoms with Gasteiger partial charge in [0.2, 0.25) is 0 Å². The highest BCUT2D eigenvalue weighted by Gasteiger charge is 2.19. The molecule has 0 aliphatic heterocycles. The first kappa shape index (κ1) is 11.6. The summed E-state index contributed by atoms with van der Waals surface area (Å²) in [6.07, 6.45) is 4.77. The smallest absolute Gasteiger partial charge is 0.198 e. The number of fused-ring (bicyclic) bond motifs is 1. The van der Waals surface area contributed by atoms with E-state index in [0.717, 1.165) is 10.9 Å². The maximum absolute atomic E-state index is 12.5. The minimum Gasteiger partial charge on any atom is -0.496 e. The largest absolute Gasteiger partial charge is 0.496 e. The molecule has 0 N–H and O–H groups in total. The van der Waals surface area contributed by atoms with Crippen LogP contribution in [0.2, 0.25) is 0 Å². The number of furan rings is 1. The Balaban J connectivity index is 2.27. The molecule has 4 heteroatoms. The zero-order valence-corrected chi connectivity index (χ0v) is 10.7. The molecule has 96 valence electrons. The van der Waals surface area contributed by atoms with Crippen LogP contribution in [0.3, 0.4) is 0 Å². The Morgan fingerprint density at radius 2 is 2.16 bits per heavy atom. The summed E-state index contributed by atoms with van der Waals surface area (Å²) in [7, 11) is 3.52. The van der Waals surface area contributed by atoms with Crippen molar-refractivity contribution < 1.29 is 13.9 Å². The van der Waals surface area contributed by atoms with Crippen molar-refractivity contribution in [1.29, 1.82) is 0 Å². The fourth-order valence-corrected chi connectivity index (χ4v) is 2.30. The van der Waals surface area contributed by atoms with Crippen LogP contribution < -0.4 is 4.74 Å². The predicted molar refractivity (Wildman–Crippen MR) is 71.6 cm³/mol. The molecule has 0 fully saturated rings. The summed E-state index contributed by atoms with van der Waals surface area (Å²) in [4.78, 5) is 12.5. The molecular formula is C15H13NO3. The van der Waals surface area contributed by atoms with Gasteiger partial charge in [-0.3, -0.25) is 4.79 Å². The predicted octanol–water partition coefficient (Wildman–Crippen LogP) is 3.01. The summed E-state index contributed by atoms with van der Waals surface area (Å²) in [5, 5.41) is 0.832. The molecule has 0 amide bonds. The van der Waals surface area contributed by atoms with E-state index in [1.165, 1.54) is 12.5 Å². The summed E-state index contributed by atoms with van der Waals surface area (Å²) < 4.78 is 12.3. The molecule has 0 radical (unpaired) electrons. The Morgan fingerprint density at radius 1 is 1.32 bits per heavy atom. The standard InChI is InChI=1S/C15H13NO3/c1-16-8-11(15(17)10-6-7-19-9-10)14-12(16)4-3-5-13(14)18-2/h3-9H,1-2H3. The molecule has 0 saturated heterocycles. The molecular weight excluding hydrogens is 242 g/mol. The molecule has 1 aromatic carbocycles. The Labute approximate surface area is 110 Å². The van der Waals surface area contributed by atoms with Gasteiger partial charge in [-0.05, 0) is 18.2 Å². The van der Waals surface area contributed by atoms with E-state index in [-0.39, 0.29) is 5.78 Å². The second kappa shape index (κ2) is 4.31. The third-order valence-corrected chi connectivity index (χ3v) is 3.22. The van der Waals surface area contributed by atoms with Crippen LogP contribution in [0.4, 0.5) is 0 Å². The van der Waals surface area contributed by atoms with Crippen LogP contribution in [-0.4, -0.2) is 17.5 Å². The van der Waals surface area contributed by atoms with E-state index in [0.29, 0.717) is 16.9 Å². The Kier molecular flexibility index (Phi) is 2.63. The molecule has 4 nitrogen and oxygen atoms in total. The lowest BCUT2D eigenvalue weighted by Crippen LogP contribution is -1.99. The van der Waals surface area contributed by atoms with Gasteiger partial charge in [0.05, 0.1) is 35.4 Å². The number of methoxy groups -OCH3 is 1. The first-order valence-corrected chi connectivity index (χ1v) is 5.91. The maximum Gasteiger partial charge on any atom is 0.198 e. The lowest BCUT2D eigenvalue weighted by Gasteiger charge is -2.03. The second-order valence-electron chi connectivity index (χ2n) is 4.35. The molecule has 19 heavy (non-hydrogen) atoms. The van der Waals surface area contributed by atoms with Crippen molar-refractivity contribution in [3.63, 3.8) is 0 Å². The van der Waals surface area contributed by atoms with E-state index < -0.39 is 0 Å². The van der Waals surface area contributed by atoms with Crippen molar-refractivity contribution in [1.82, 2.24) is 4.57 Å². The van der Waals surface area contributed by atoms with Crippen LogP contribution >= 0.6 is 0 Å². The fraction of sp³-hybridized carbons (Fsp3) is 0.133. The lowest BCUT2D eigenvalue weighted by molar-refractivity contribution is 0.103. The number of hydrogen-bond acceptors (Lipinski definition) is 3. The van der Waals surface area contributed by atoms with E-state index in [2.05, 4.69) is 0 Å². The SMILES string of the molecule is COc1cccc2c1c(C(=O)c1ccoc1)cn2C. The van der Waals surface area contributed by atoms with E-state index in [1.54, 1.807) is 13.2 Å². The van der Waals surface area contributed by atoms with Gasteiger partial charge in [0.25, 0.3) is 0 Å². The number of carbonyl (C=O) groups excluding carboxylic acids is 1. The van der Waals surface area contributed by atoms with Gasteiger partial charge < -0.3 is 13.7 Å². The average molecular weight is 255 g/mol. The fourth-order valence-electron chi connectivity index (χ4n) is 2.30. The van der Waals surface area contributed by atoms with Crippen LogP contribution in [0.15, 0.2) is 47.4 Å². The van der Waals surface area contributed by atoms with Gasteiger partial charge in [-0.2, -0.15) is 0 Å². The molecule has 2 heterocycles. The number of hydrogen-bond donors (Lipinski definition) is 0. The number of aromatic nitrogens is 1. The summed E-state index contributed by atoms with van der Waals surface area (Å²) in [6.45, 7) is 0. The van der Waals surface area contributed by atoms with Gasteiger partial charge in [0, 0.05) is 13.2 Å². The summed E-state index contributed by atoms with van der Waals surface area (Å²) >= 11 is 0. The van der Waals surface area contributed by atoms with Crippen LogP contribution in [-0.2, 0) is 7.05 Å². The average Bonchev–Trinajstić information content (AvgIpc) is 3.06. The van der Waals surface area contributed by atoms with Gasteiger partial charge in [-0.15, -0.1) is 0 Å². The molecule has 0 atom stereocenters. The summed E-state index contributed by atoms with van der Waals surface area (Å²) in [5.74, 6) is 0.633. The zero-order valence-electron chi connectivity index (χ0n) is 10.7. The molecule has 0 aliphatic carbocycles. The first-order valence-electron chi connectivity index (χ1n) is 5.91. The Bertz CT molecular complexity index is 738. The van der Waals surface area contributed by atoms with Crippen LogP contribution in [0.1, 0.15) is 15.9 Å². The van der Waals surface area contributed by atoms with Crippen molar-refractivity contribution in [2.75, 3.05) is 7.11 Å². The van der Waals surface area contributed by atoms with Gasteiger partial charge in [0.1, 0.15) is 12.0 Å². The van der Waals surface area contributed by atoms with Crippen LogP contribution in [0.25, 0.3) is 10.9 Å². The minimum absolute atomic E-state index is 0.0659. The first-order chi connectivity index (χ1) is 9.22. The van der Waals surface area contributed by atoms with Crippen molar-refractivity contribution >= 4 is 16.7 Å². The number of ether oxygens (including phenoxy) is 1. The summed E-state index contributed by atoms with van der Waals surface area (Å²) in [5.41, 5.74) is 2.13. The van der Waals surface area contributed by atoms with Crippen molar-refractivity contribution in [3.8, 4) is 5.75 Å². The van der Waals surface area contributed by atoms with Crippen molar-refractivity contribution in [2.45, 2.75) is 0 Å². The van der Waals surface area contributed by atoms with Crippen LogP contribution in [0.5, 0.6) is 5.75 Å². The monoisotopic (exact) mass is 255 g/mol. The number of carbonyl (C=O) groups is 1. The second-order valence-corrected chi connectivity index (χ2v) is 4.35. The number of rotatable bonds is 3. The highest BCUT2D eigenvalue weighted by atomic mass is 16.5. The normalized spacial score (nSPS) is 10.8. The van der Waals surface area contributed by atoms with E-state index >= 15 is 0 Å². The highest BCUT2D eigenvalue weighted by molar-refractivity contribution is 6.17. The lowest BCUT2D eigenvalue weighted by atomic mass is 10.0. The quantitative estimate of drug-likeness (QED) is 0.676. The van der Waals surface area contributed by atoms with Crippen molar-refractivity contribution in [3.05, 3.63) is 54.1 Å². The van der Waals surface area contributed by atoms with Gasteiger partial charge in [-0.25, -0.2) is 0 Å². The number of ketones is 1. The van der Waals surface area contributed by atoms with Crippen molar-refractivity contribution in [2.24, 2.45) is 7.05 Å². The third-order valence-electron chi connectivity index (χ3n) is 3.22. The molecule has 0 saturated carbocycles. The van der Waals surface area contributed by atoms with E-state index in [9.17, 15) is 4.79 Å². The highest BCUT2D eigenvalue weighted by Crippen LogP contribution is 2.31. The van der Waals surface area contributed by atoms with E-state index in [4.69, 9.17) is 9.15 Å². The molecule has 0 unspecified atom stereocenters.